The fourth-order valence-electron chi connectivity index (χ4n) is 2.02. The summed E-state index contributed by atoms with van der Waals surface area (Å²) in [6.45, 7) is 4.27. The van der Waals surface area contributed by atoms with Gasteiger partial charge in [0.25, 0.3) is 5.56 Å². The monoisotopic (exact) mass is 246 g/mol. The smallest absolute Gasteiger partial charge is 0.310 e. The van der Waals surface area contributed by atoms with E-state index in [4.69, 9.17) is 0 Å². The molecule has 0 saturated carbocycles. The minimum atomic E-state index is -4.46. The van der Waals surface area contributed by atoms with Crippen LogP contribution in [0.2, 0.25) is 0 Å². The molecule has 0 radical (unpaired) electrons. The first-order valence-corrected chi connectivity index (χ1v) is 5.45. The number of alkyl halides is 3. The van der Waals surface area contributed by atoms with Crippen molar-refractivity contribution in [1.29, 1.82) is 0 Å². The number of rotatable bonds is 1. The van der Waals surface area contributed by atoms with Crippen molar-refractivity contribution in [3.8, 4) is 0 Å². The Balaban J connectivity index is 2.46. The molecule has 2 rings (SSSR count). The van der Waals surface area contributed by atoms with E-state index in [-0.39, 0.29) is 0 Å². The molecule has 0 fully saturated rings. The lowest BCUT2D eigenvalue weighted by Gasteiger charge is -2.29. The Kier molecular flexibility index (Phi) is 2.99. The summed E-state index contributed by atoms with van der Waals surface area (Å²) in [5, 5.41) is 0. The van der Waals surface area contributed by atoms with E-state index in [0.29, 0.717) is 31.4 Å². The third kappa shape index (κ3) is 2.36. The van der Waals surface area contributed by atoms with Gasteiger partial charge in [0.15, 0.2) is 0 Å². The summed E-state index contributed by atoms with van der Waals surface area (Å²) >= 11 is 0. The zero-order chi connectivity index (χ0) is 12.6. The summed E-state index contributed by atoms with van der Waals surface area (Å²) in [7, 11) is 0. The van der Waals surface area contributed by atoms with Gasteiger partial charge >= 0.3 is 6.18 Å². The van der Waals surface area contributed by atoms with Gasteiger partial charge in [0.1, 0.15) is 0 Å². The Morgan fingerprint density at radius 1 is 1.29 bits per heavy atom. The van der Waals surface area contributed by atoms with Crippen molar-refractivity contribution >= 4 is 0 Å². The maximum Gasteiger partial charge on any atom is 0.416 e. The lowest BCUT2D eigenvalue weighted by atomic mass is 10.1. The molecule has 6 heteroatoms. The van der Waals surface area contributed by atoms with E-state index in [1.54, 1.807) is 0 Å². The minimum absolute atomic E-state index is 0.398. The Labute approximate surface area is 96.5 Å². The predicted octanol–water partition coefficient (Wildman–Crippen LogP) is 1.70. The van der Waals surface area contributed by atoms with Crippen LogP contribution in [-0.4, -0.2) is 22.6 Å². The van der Waals surface area contributed by atoms with Crippen LogP contribution in [0, 0.1) is 0 Å². The lowest BCUT2D eigenvalue weighted by Crippen LogP contribution is -2.39. The zero-order valence-corrected chi connectivity index (χ0v) is 9.42. The molecular weight excluding hydrogens is 233 g/mol. The summed E-state index contributed by atoms with van der Waals surface area (Å²) in [6.07, 6.45) is -4.46. The van der Waals surface area contributed by atoms with Gasteiger partial charge in [-0.3, -0.25) is 9.69 Å². The van der Waals surface area contributed by atoms with Crippen molar-refractivity contribution in [2.75, 3.05) is 13.1 Å². The van der Waals surface area contributed by atoms with Gasteiger partial charge in [-0.05, 0) is 12.6 Å². The highest BCUT2D eigenvalue weighted by molar-refractivity contribution is 5.21. The van der Waals surface area contributed by atoms with Crippen molar-refractivity contribution < 1.29 is 13.2 Å². The summed E-state index contributed by atoms with van der Waals surface area (Å²) in [5.74, 6) is 0. The molecule has 0 saturated heterocycles. The molecule has 0 aliphatic carbocycles. The van der Waals surface area contributed by atoms with Crippen LogP contribution in [0.5, 0.6) is 0 Å². The van der Waals surface area contributed by atoms with E-state index in [1.165, 1.54) is 4.57 Å². The van der Waals surface area contributed by atoms with Crippen molar-refractivity contribution in [2.45, 2.75) is 26.2 Å². The molecule has 0 spiro atoms. The van der Waals surface area contributed by atoms with Gasteiger partial charge in [-0.15, -0.1) is 0 Å². The Hall–Kier alpha value is -1.30. The number of pyridine rings is 1. The van der Waals surface area contributed by atoms with E-state index in [9.17, 15) is 18.0 Å². The summed E-state index contributed by atoms with van der Waals surface area (Å²) in [5.41, 5.74) is -0.977. The van der Waals surface area contributed by atoms with Gasteiger partial charge in [-0.1, -0.05) is 6.92 Å². The highest BCUT2D eigenvalue weighted by atomic mass is 19.4. The summed E-state index contributed by atoms with van der Waals surface area (Å²) < 4.78 is 39.1. The molecule has 17 heavy (non-hydrogen) atoms. The number of aromatic nitrogens is 1. The average Bonchev–Trinajstić information content (AvgIpc) is 2.27. The zero-order valence-electron chi connectivity index (χ0n) is 9.42. The second-order valence-corrected chi connectivity index (χ2v) is 4.09. The van der Waals surface area contributed by atoms with Gasteiger partial charge in [-0.2, -0.15) is 13.2 Å². The second-order valence-electron chi connectivity index (χ2n) is 4.09. The molecule has 3 nitrogen and oxygen atoms in total. The number of halogens is 3. The van der Waals surface area contributed by atoms with Crippen LogP contribution in [0.15, 0.2) is 16.9 Å². The molecule has 94 valence electrons. The average molecular weight is 246 g/mol. The van der Waals surface area contributed by atoms with E-state index < -0.39 is 17.3 Å². The van der Waals surface area contributed by atoms with Crippen molar-refractivity contribution in [1.82, 2.24) is 9.47 Å². The number of hydrogen-bond acceptors (Lipinski definition) is 2. The predicted molar refractivity (Wildman–Crippen MR) is 56.7 cm³/mol. The largest absolute Gasteiger partial charge is 0.416 e. The molecule has 1 aromatic heterocycles. The van der Waals surface area contributed by atoms with Gasteiger partial charge in [-0.25, -0.2) is 0 Å². The Bertz CT molecular complexity index is 479. The molecule has 0 N–H and O–H groups in total. The Morgan fingerprint density at radius 3 is 2.59 bits per heavy atom. The second kappa shape index (κ2) is 4.18. The molecule has 0 aromatic carbocycles. The van der Waals surface area contributed by atoms with Crippen LogP contribution in [0.25, 0.3) is 0 Å². The van der Waals surface area contributed by atoms with Crippen molar-refractivity contribution in [3.05, 3.63) is 33.7 Å². The van der Waals surface area contributed by atoms with Crippen LogP contribution in [0.3, 0.4) is 0 Å². The fourth-order valence-corrected chi connectivity index (χ4v) is 2.02. The highest BCUT2D eigenvalue weighted by Gasteiger charge is 2.32. The molecule has 1 aliphatic heterocycles. The topological polar surface area (TPSA) is 25.2 Å². The van der Waals surface area contributed by atoms with E-state index in [0.717, 1.165) is 12.6 Å². The van der Waals surface area contributed by atoms with E-state index in [2.05, 4.69) is 0 Å². The van der Waals surface area contributed by atoms with E-state index >= 15 is 0 Å². The molecule has 0 amide bonds. The normalized spacial score (nSPS) is 16.9. The third-order valence-corrected chi connectivity index (χ3v) is 3.01. The van der Waals surface area contributed by atoms with Crippen LogP contribution in [0.4, 0.5) is 13.2 Å². The molecule has 2 heterocycles. The number of likely N-dealkylation sites (N-methyl/N-ethyl adjacent to an activating group) is 1. The molecule has 0 bridgehead atoms. The highest BCUT2D eigenvalue weighted by Crippen LogP contribution is 2.29. The standard InChI is InChI=1S/C11H13F3N2O/c1-2-15-3-4-16-9(7-15)5-8(6-10(16)17)11(12,13)14/h5-6H,2-4,7H2,1H3. The quantitative estimate of drug-likeness (QED) is 0.753. The number of fused-ring (bicyclic) bond motifs is 1. The maximum absolute atomic E-state index is 12.6. The van der Waals surface area contributed by atoms with Gasteiger partial charge in [0, 0.05) is 31.4 Å². The Morgan fingerprint density at radius 2 is 2.00 bits per heavy atom. The number of hydrogen-bond donors (Lipinski definition) is 0. The van der Waals surface area contributed by atoms with Crippen LogP contribution < -0.4 is 5.56 Å². The maximum atomic E-state index is 12.6. The first-order valence-electron chi connectivity index (χ1n) is 5.45. The summed E-state index contributed by atoms with van der Waals surface area (Å²) in [6, 6.07) is 1.74. The van der Waals surface area contributed by atoms with Gasteiger partial charge in [0.2, 0.25) is 0 Å². The minimum Gasteiger partial charge on any atom is -0.310 e. The first-order chi connectivity index (χ1) is 7.91. The van der Waals surface area contributed by atoms with E-state index in [1.807, 2.05) is 11.8 Å². The van der Waals surface area contributed by atoms with Gasteiger partial charge < -0.3 is 4.57 Å². The van der Waals surface area contributed by atoms with Crippen LogP contribution in [0.1, 0.15) is 18.2 Å². The van der Waals surface area contributed by atoms with Crippen molar-refractivity contribution in [2.24, 2.45) is 0 Å². The molecule has 1 aromatic rings. The molecular formula is C11H13F3N2O. The summed E-state index contributed by atoms with van der Waals surface area (Å²) in [4.78, 5) is 13.6. The number of nitrogens with zero attached hydrogens (tertiary/aromatic N) is 2. The SMILES string of the molecule is CCN1CCn2c(cc(C(F)(F)F)cc2=O)C1. The van der Waals surface area contributed by atoms with Crippen LogP contribution in [-0.2, 0) is 19.3 Å². The molecule has 0 unspecified atom stereocenters. The van der Waals surface area contributed by atoms with Gasteiger partial charge in [0.05, 0.1) is 5.56 Å². The first kappa shape index (κ1) is 12.2. The molecule has 1 aliphatic rings. The molecule has 0 atom stereocenters. The lowest BCUT2D eigenvalue weighted by molar-refractivity contribution is -0.137. The third-order valence-electron chi connectivity index (χ3n) is 3.01. The van der Waals surface area contributed by atoms with Crippen LogP contribution >= 0.6 is 0 Å². The van der Waals surface area contributed by atoms with Crippen molar-refractivity contribution in [3.63, 3.8) is 0 Å². The fraction of sp³-hybridized carbons (Fsp3) is 0.545.